The maximum absolute atomic E-state index is 16.1. The summed E-state index contributed by atoms with van der Waals surface area (Å²) in [5.41, 5.74) is 6.62. The third-order valence-electron chi connectivity index (χ3n) is 11.6. The summed E-state index contributed by atoms with van der Waals surface area (Å²) in [6.45, 7) is 6.06. The molecular formula is C56H52N2O5. The number of nitrogens with one attached hydrogen (secondary N) is 2. The van der Waals surface area contributed by atoms with Gasteiger partial charge in [0.15, 0.2) is 5.78 Å². The minimum atomic E-state index is -1.33. The van der Waals surface area contributed by atoms with Gasteiger partial charge in [-0.1, -0.05) is 182 Å². The van der Waals surface area contributed by atoms with Crippen molar-refractivity contribution in [2.45, 2.75) is 62.6 Å². The summed E-state index contributed by atoms with van der Waals surface area (Å²) in [6.07, 6.45) is -0.396. The fraction of sp³-hybridized carbons (Fsp3) is 0.196. The van der Waals surface area contributed by atoms with Crippen LogP contribution in [0.4, 0.5) is 4.79 Å². The molecule has 2 N–H and O–H groups in total. The number of ether oxygens (including phenoxy) is 2. The van der Waals surface area contributed by atoms with Gasteiger partial charge in [-0.2, -0.15) is 0 Å². The van der Waals surface area contributed by atoms with E-state index in [2.05, 4.69) is 34.9 Å². The van der Waals surface area contributed by atoms with Crippen molar-refractivity contribution < 1.29 is 23.9 Å². The monoisotopic (exact) mass is 832 g/mol. The van der Waals surface area contributed by atoms with E-state index in [1.807, 2.05) is 191 Å². The minimum absolute atomic E-state index is 0.0866. The molecule has 0 unspecified atom stereocenters. The molecule has 1 aliphatic carbocycles. The predicted molar refractivity (Wildman–Crippen MR) is 249 cm³/mol. The van der Waals surface area contributed by atoms with Gasteiger partial charge in [-0.3, -0.25) is 9.59 Å². The molecule has 0 saturated carbocycles. The second-order valence-electron chi connectivity index (χ2n) is 17.0. The number of amides is 2. The van der Waals surface area contributed by atoms with E-state index in [-0.39, 0.29) is 31.1 Å². The van der Waals surface area contributed by atoms with Crippen LogP contribution in [0.1, 0.15) is 65.6 Å². The maximum Gasteiger partial charge on any atom is 0.407 e. The highest BCUT2D eigenvalue weighted by molar-refractivity contribution is 6.03. The smallest absolute Gasteiger partial charge is 0.407 e. The lowest BCUT2D eigenvalue weighted by atomic mass is 9.64. The topological polar surface area (TPSA) is 93.7 Å². The Labute approximate surface area is 370 Å². The molecule has 0 aliphatic heterocycles. The van der Waals surface area contributed by atoms with Gasteiger partial charge in [0.25, 0.3) is 0 Å². The third-order valence-corrected chi connectivity index (χ3v) is 11.6. The summed E-state index contributed by atoms with van der Waals surface area (Å²) < 4.78 is 12.1. The average molecular weight is 833 g/mol. The molecule has 7 aromatic carbocycles. The Balaban J connectivity index is 1.15. The second kappa shape index (κ2) is 18.8. The summed E-state index contributed by atoms with van der Waals surface area (Å²) >= 11 is 0. The fourth-order valence-electron chi connectivity index (χ4n) is 8.86. The highest BCUT2D eigenvalue weighted by Gasteiger charge is 2.47. The van der Waals surface area contributed by atoms with Crippen LogP contribution < -0.4 is 15.4 Å². The van der Waals surface area contributed by atoms with E-state index < -0.39 is 35.1 Å². The molecule has 0 bridgehead atoms. The van der Waals surface area contributed by atoms with Crippen LogP contribution in [0.25, 0.3) is 11.1 Å². The zero-order valence-corrected chi connectivity index (χ0v) is 35.9. The first kappa shape index (κ1) is 42.4. The van der Waals surface area contributed by atoms with E-state index in [0.717, 1.165) is 50.1 Å². The van der Waals surface area contributed by atoms with Crippen molar-refractivity contribution in [3.63, 3.8) is 0 Å². The molecule has 316 valence electrons. The minimum Gasteiger partial charge on any atom is -0.488 e. The van der Waals surface area contributed by atoms with Gasteiger partial charge in [0, 0.05) is 12.3 Å². The molecule has 7 heteroatoms. The number of Topliss-reactive ketones (excluding diaryl/α,β-unsaturated/α-hetero) is 1. The summed E-state index contributed by atoms with van der Waals surface area (Å²) in [5, 5.41) is 6.10. The van der Waals surface area contributed by atoms with Crippen molar-refractivity contribution in [3.8, 4) is 16.9 Å². The SMILES string of the molecule is CC(C)(C)Oc1ccc(C[C@H](NC(=O)[C@H](Cc2ccccc2)NC(=O)OCC2c3ccccc3-c3ccccc32)C(=O)C(c2ccccc2)(c2ccccc2)c2ccccc2)cc1. The molecule has 0 aromatic heterocycles. The molecule has 63 heavy (non-hydrogen) atoms. The molecule has 8 rings (SSSR count). The van der Waals surface area contributed by atoms with Crippen molar-refractivity contribution in [1.82, 2.24) is 10.6 Å². The molecule has 2 amide bonds. The first-order chi connectivity index (χ1) is 30.6. The van der Waals surface area contributed by atoms with Gasteiger partial charge in [0.1, 0.15) is 29.4 Å². The lowest BCUT2D eigenvalue weighted by Gasteiger charge is -2.38. The molecule has 7 aromatic rings. The van der Waals surface area contributed by atoms with Crippen LogP contribution in [0, 0.1) is 0 Å². The quantitative estimate of drug-likeness (QED) is 0.100. The van der Waals surface area contributed by atoms with E-state index >= 15 is 4.79 Å². The summed E-state index contributed by atoms with van der Waals surface area (Å²) in [5.74, 6) is -0.204. The van der Waals surface area contributed by atoms with Crippen molar-refractivity contribution >= 4 is 17.8 Å². The van der Waals surface area contributed by atoms with E-state index in [9.17, 15) is 9.59 Å². The summed E-state index contributed by atoms with van der Waals surface area (Å²) in [4.78, 5) is 44.9. The Bertz CT molecular complexity index is 2500. The number of alkyl carbamates (subject to hydrolysis) is 1. The van der Waals surface area contributed by atoms with Gasteiger partial charge in [0.2, 0.25) is 5.91 Å². The van der Waals surface area contributed by atoms with Crippen LogP contribution in [0.15, 0.2) is 194 Å². The maximum atomic E-state index is 16.1. The van der Waals surface area contributed by atoms with Gasteiger partial charge < -0.3 is 20.1 Å². The molecule has 0 radical (unpaired) electrons. The van der Waals surface area contributed by atoms with Crippen molar-refractivity contribution in [3.05, 3.63) is 233 Å². The highest BCUT2D eigenvalue weighted by Crippen LogP contribution is 2.45. The number of hydrogen-bond donors (Lipinski definition) is 2. The van der Waals surface area contributed by atoms with E-state index in [0.29, 0.717) is 5.75 Å². The van der Waals surface area contributed by atoms with Crippen LogP contribution in [0.2, 0.25) is 0 Å². The van der Waals surface area contributed by atoms with E-state index in [1.54, 1.807) is 0 Å². The Kier molecular flexibility index (Phi) is 12.7. The van der Waals surface area contributed by atoms with E-state index in [1.165, 1.54) is 0 Å². The number of ketones is 1. The van der Waals surface area contributed by atoms with Crippen LogP contribution in [-0.2, 0) is 32.6 Å². The fourth-order valence-corrected chi connectivity index (χ4v) is 8.86. The highest BCUT2D eigenvalue weighted by atomic mass is 16.5. The zero-order valence-electron chi connectivity index (χ0n) is 35.9. The molecule has 2 atom stereocenters. The number of rotatable bonds is 15. The first-order valence-corrected chi connectivity index (χ1v) is 21.5. The van der Waals surface area contributed by atoms with Crippen molar-refractivity contribution in [1.29, 1.82) is 0 Å². The van der Waals surface area contributed by atoms with Crippen LogP contribution >= 0.6 is 0 Å². The Morgan fingerprint density at radius 3 is 1.43 bits per heavy atom. The second-order valence-corrected chi connectivity index (χ2v) is 17.0. The van der Waals surface area contributed by atoms with Gasteiger partial charge >= 0.3 is 6.09 Å². The van der Waals surface area contributed by atoms with Crippen LogP contribution in [0.3, 0.4) is 0 Å². The predicted octanol–water partition coefficient (Wildman–Crippen LogP) is 10.6. The lowest BCUT2D eigenvalue weighted by molar-refractivity contribution is -0.130. The molecule has 0 fully saturated rings. The van der Waals surface area contributed by atoms with Crippen LogP contribution in [0.5, 0.6) is 5.75 Å². The molecular weight excluding hydrogens is 781 g/mol. The van der Waals surface area contributed by atoms with E-state index in [4.69, 9.17) is 9.47 Å². The number of carbonyl (C=O) groups is 3. The summed E-state index contributed by atoms with van der Waals surface area (Å²) in [7, 11) is 0. The Morgan fingerprint density at radius 2 is 0.937 bits per heavy atom. The normalized spacial score (nSPS) is 13.2. The van der Waals surface area contributed by atoms with Crippen molar-refractivity contribution in [2.24, 2.45) is 0 Å². The zero-order chi connectivity index (χ0) is 43.8. The van der Waals surface area contributed by atoms with Gasteiger partial charge in [-0.15, -0.1) is 0 Å². The number of carbonyl (C=O) groups excluding carboxylic acids is 3. The van der Waals surface area contributed by atoms with Crippen molar-refractivity contribution in [2.75, 3.05) is 6.61 Å². The number of hydrogen-bond acceptors (Lipinski definition) is 5. The number of fused-ring (bicyclic) bond motifs is 3. The molecule has 0 spiro atoms. The van der Waals surface area contributed by atoms with Gasteiger partial charge in [0.05, 0.1) is 6.04 Å². The molecule has 0 heterocycles. The molecule has 0 saturated heterocycles. The summed E-state index contributed by atoms with van der Waals surface area (Å²) in [6, 6.07) is 60.5. The molecule has 1 aliphatic rings. The number of benzene rings is 7. The average Bonchev–Trinajstić information content (AvgIpc) is 3.63. The standard InChI is InChI=1S/C56H52N2O5/c1-55(2,3)63-44-34-32-40(33-35-44)36-50(52(59)56(41-22-10-5-11-23-41,42-24-12-6-13-25-42)43-26-14-7-15-27-43)57-53(60)51(37-39-20-8-4-9-21-39)58-54(61)62-38-49-47-30-18-16-28-45(47)46-29-17-19-31-48(46)49/h4-35,49-51H,36-38H2,1-3H3,(H,57,60)(H,58,61)/t50-,51-/m0/s1. The molecule has 7 nitrogen and oxygen atoms in total. The largest absolute Gasteiger partial charge is 0.488 e. The third kappa shape index (κ3) is 9.48. The van der Waals surface area contributed by atoms with Gasteiger partial charge in [-0.05, 0) is 89.4 Å². The first-order valence-electron chi connectivity index (χ1n) is 21.5. The Morgan fingerprint density at radius 1 is 0.508 bits per heavy atom. The lowest BCUT2D eigenvalue weighted by Crippen LogP contribution is -2.57. The Hall–Kier alpha value is -7.25. The van der Waals surface area contributed by atoms with Gasteiger partial charge in [-0.25, -0.2) is 4.79 Å². The van der Waals surface area contributed by atoms with Crippen LogP contribution in [-0.4, -0.2) is 42.1 Å².